The summed E-state index contributed by atoms with van der Waals surface area (Å²) < 4.78 is 0. The molecular formula is C42H38S3. The zero-order chi connectivity index (χ0) is 31.0. The minimum Gasteiger partial charge on any atom is -0.179 e. The van der Waals surface area contributed by atoms with Crippen LogP contribution in [0.2, 0.25) is 0 Å². The summed E-state index contributed by atoms with van der Waals surface area (Å²) >= 11 is 14.8. The lowest BCUT2D eigenvalue weighted by atomic mass is 9.35. The molecule has 0 saturated heterocycles. The van der Waals surface area contributed by atoms with Crippen molar-refractivity contribution in [1.82, 2.24) is 0 Å². The predicted octanol–water partition coefficient (Wildman–Crippen LogP) is 9.09. The molecule has 0 nitrogen and oxygen atoms in total. The molecule has 3 heteroatoms. The van der Waals surface area contributed by atoms with Gasteiger partial charge in [0.1, 0.15) is 0 Å². The first-order valence-electron chi connectivity index (χ1n) is 15.9. The lowest BCUT2D eigenvalue weighted by Crippen LogP contribution is -2.64. The van der Waals surface area contributed by atoms with E-state index in [1.54, 1.807) is 0 Å². The molecule has 4 fully saturated rings. The number of hydrogen-bond acceptors (Lipinski definition) is 3. The van der Waals surface area contributed by atoms with Crippen molar-refractivity contribution in [2.24, 2.45) is 16.2 Å². The van der Waals surface area contributed by atoms with Crippen molar-refractivity contribution in [3.8, 4) is 35.5 Å². The highest BCUT2D eigenvalue weighted by Crippen LogP contribution is 2.74. The van der Waals surface area contributed by atoms with Gasteiger partial charge < -0.3 is 0 Å². The van der Waals surface area contributed by atoms with E-state index in [0.29, 0.717) is 16.2 Å². The highest BCUT2D eigenvalue weighted by atomic mass is 32.1. The number of rotatable bonds is 4. The van der Waals surface area contributed by atoms with Crippen molar-refractivity contribution in [3.63, 3.8) is 0 Å². The van der Waals surface area contributed by atoms with E-state index in [1.165, 1.54) is 44.1 Å². The highest BCUT2D eigenvalue weighted by molar-refractivity contribution is 7.80. The van der Waals surface area contributed by atoms with Crippen LogP contribution in [-0.2, 0) is 5.41 Å². The van der Waals surface area contributed by atoms with Gasteiger partial charge in [-0.05, 0) is 150 Å². The Hall–Kier alpha value is -3.13. The summed E-state index contributed by atoms with van der Waals surface area (Å²) in [5.74, 6) is 22.6. The third kappa shape index (κ3) is 6.19. The molecule has 0 radical (unpaired) electrons. The number of thiol groups is 3. The molecule has 224 valence electrons. The summed E-state index contributed by atoms with van der Waals surface area (Å²) in [7, 11) is 0. The molecule has 8 rings (SSSR count). The standard InChI is InChI=1S/C42H38S3/c43-29-39-23-40(30-44)25-41(24-39,31-45)28-42(26-39,27-40)38-21-19-37(20-22-38)18-17-36-15-13-35(14-16-36)12-11-34-9-7-33(8-10-34)6-5-32-3-1-2-4-32/h1-3,7-10,13-16,19-22,43-45H,4,23-31H2. The van der Waals surface area contributed by atoms with Gasteiger partial charge in [0.05, 0.1) is 0 Å². The van der Waals surface area contributed by atoms with Crippen LogP contribution in [0.15, 0.2) is 96.6 Å². The molecule has 4 saturated carbocycles. The van der Waals surface area contributed by atoms with Crippen molar-refractivity contribution in [1.29, 1.82) is 0 Å². The van der Waals surface area contributed by atoms with Crippen LogP contribution in [0.25, 0.3) is 0 Å². The maximum atomic E-state index is 4.92. The summed E-state index contributed by atoms with van der Waals surface area (Å²) in [5.41, 5.74) is 8.75. The lowest BCUT2D eigenvalue weighted by molar-refractivity contribution is -0.145. The molecule has 0 N–H and O–H groups in total. The Balaban J connectivity index is 1.02. The summed E-state index contributed by atoms with van der Waals surface area (Å²) in [6.07, 6.45) is 14.7. The van der Waals surface area contributed by atoms with Crippen LogP contribution in [0, 0.1) is 51.8 Å². The zero-order valence-corrected chi connectivity index (χ0v) is 28.3. The van der Waals surface area contributed by atoms with Gasteiger partial charge in [0.2, 0.25) is 0 Å². The van der Waals surface area contributed by atoms with E-state index in [2.05, 4.69) is 90.1 Å². The molecule has 0 spiro atoms. The Kier molecular flexibility index (Phi) is 8.30. The van der Waals surface area contributed by atoms with Gasteiger partial charge in [-0.1, -0.05) is 65.9 Å². The Morgan fingerprint density at radius 3 is 1.16 bits per heavy atom. The molecule has 45 heavy (non-hydrogen) atoms. The Morgan fingerprint density at radius 2 is 0.822 bits per heavy atom. The van der Waals surface area contributed by atoms with E-state index in [0.717, 1.165) is 57.1 Å². The molecule has 3 aromatic carbocycles. The van der Waals surface area contributed by atoms with E-state index < -0.39 is 0 Å². The van der Waals surface area contributed by atoms with Crippen LogP contribution >= 0.6 is 37.9 Å². The first-order chi connectivity index (χ1) is 21.9. The van der Waals surface area contributed by atoms with Crippen LogP contribution in [0.3, 0.4) is 0 Å². The summed E-state index contributed by atoms with van der Waals surface area (Å²) in [6.45, 7) is 0. The second kappa shape index (κ2) is 12.2. The van der Waals surface area contributed by atoms with Crippen LogP contribution in [0.1, 0.15) is 78.3 Å². The Labute approximate surface area is 285 Å². The van der Waals surface area contributed by atoms with Crippen LogP contribution < -0.4 is 0 Å². The fraction of sp³-hybridized carbons (Fsp3) is 0.333. The van der Waals surface area contributed by atoms with Gasteiger partial charge in [0.25, 0.3) is 0 Å². The second-order valence-corrected chi connectivity index (χ2v) is 15.1. The van der Waals surface area contributed by atoms with E-state index in [9.17, 15) is 0 Å². The summed E-state index contributed by atoms with van der Waals surface area (Å²) in [5, 5.41) is 0. The van der Waals surface area contributed by atoms with Crippen LogP contribution in [0.5, 0.6) is 0 Å². The van der Waals surface area contributed by atoms with Gasteiger partial charge in [0, 0.05) is 33.4 Å². The van der Waals surface area contributed by atoms with Gasteiger partial charge in [-0.15, -0.1) is 0 Å². The number of hydrogen-bond donors (Lipinski definition) is 3. The Bertz CT molecular complexity index is 1780. The minimum atomic E-state index is 0.201. The molecule has 0 atom stereocenters. The second-order valence-electron chi connectivity index (χ2n) is 14.1. The van der Waals surface area contributed by atoms with Crippen molar-refractivity contribution in [2.75, 3.05) is 17.3 Å². The van der Waals surface area contributed by atoms with E-state index >= 15 is 0 Å². The van der Waals surface area contributed by atoms with Crippen LogP contribution in [-0.4, -0.2) is 17.3 Å². The van der Waals surface area contributed by atoms with Crippen molar-refractivity contribution < 1.29 is 0 Å². The molecule has 5 aliphatic rings. The monoisotopic (exact) mass is 638 g/mol. The van der Waals surface area contributed by atoms with Gasteiger partial charge >= 0.3 is 0 Å². The van der Waals surface area contributed by atoms with Crippen molar-refractivity contribution >= 4 is 37.9 Å². The smallest absolute Gasteiger partial charge is 0.0249 e. The van der Waals surface area contributed by atoms with Gasteiger partial charge in [-0.3, -0.25) is 0 Å². The molecule has 4 bridgehead atoms. The minimum absolute atomic E-state index is 0.201. The lowest BCUT2D eigenvalue weighted by Gasteiger charge is -2.71. The third-order valence-corrected chi connectivity index (χ3v) is 12.5. The van der Waals surface area contributed by atoms with Gasteiger partial charge in [-0.2, -0.15) is 37.9 Å². The first-order valence-corrected chi connectivity index (χ1v) is 17.8. The largest absolute Gasteiger partial charge is 0.179 e. The van der Waals surface area contributed by atoms with Crippen molar-refractivity contribution in [3.05, 3.63) is 130 Å². The third-order valence-electron chi connectivity index (χ3n) is 10.5. The molecule has 3 aromatic rings. The SMILES string of the molecule is SCC12CC3(CS)CC(CS)(C1)CC(c1ccc(C#Cc4ccc(C#Cc5ccc(C#CC6=CC=CC6)cc5)cc4)cc1)(C2)C3. The maximum Gasteiger partial charge on any atom is 0.0249 e. The van der Waals surface area contributed by atoms with E-state index in [4.69, 9.17) is 37.9 Å². The zero-order valence-electron chi connectivity index (χ0n) is 25.6. The highest BCUT2D eigenvalue weighted by Gasteiger charge is 2.67. The molecule has 0 unspecified atom stereocenters. The summed E-state index contributed by atoms with van der Waals surface area (Å²) in [6, 6.07) is 25.5. The topological polar surface area (TPSA) is 0 Å². The number of allylic oxidation sites excluding steroid dienone is 4. The predicted molar refractivity (Wildman–Crippen MR) is 198 cm³/mol. The molecule has 5 aliphatic carbocycles. The molecule has 0 heterocycles. The average molecular weight is 639 g/mol. The molecule has 0 aromatic heterocycles. The quantitative estimate of drug-likeness (QED) is 0.184. The molecule has 0 aliphatic heterocycles. The Morgan fingerprint density at radius 1 is 0.467 bits per heavy atom. The molecule has 0 amide bonds. The summed E-state index contributed by atoms with van der Waals surface area (Å²) in [4.78, 5) is 0. The van der Waals surface area contributed by atoms with E-state index in [1.807, 2.05) is 36.4 Å². The van der Waals surface area contributed by atoms with Gasteiger partial charge in [-0.25, -0.2) is 0 Å². The fourth-order valence-electron chi connectivity index (χ4n) is 9.26. The van der Waals surface area contributed by atoms with Gasteiger partial charge in [0.15, 0.2) is 0 Å². The van der Waals surface area contributed by atoms with E-state index in [-0.39, 0.29) is 5.41 Å². The normalized spacial score (nSPS) is 28.7. The fourth-order valence-corrected chi connectivity index (χ4v) is 10.3. The van der Waals surface area contributed by atoms with Crippen molar-refractivity contribution in [2.45, 2.75) is 50.4 Å². The first kappa shape index (κ1) is 30.5. The average Bonchev–Trinajstić information content (AvgIpc) is 3.60. The van der Waals surface area contributed by atoms with Crippen LogP contribution in [0.4, 0.5) is 0 Å². The number of benzene rings is 3. The maximum absolute atomic E-state index is 4.92. The molecular weight excluding hydrogens is 601 g/mol.